The molecule has 2 aromatic carbocycles. The quantitative estimate of drug-likeness (QED) is 0.518. The number of sulfonamides is 1. The van der Waals surface area contributed by atoms with E-state index in [0.717, 1.165) is 12.4 Å². The first kappa shape index (κ1) is 19.9. The summed E-state index contributed by atoms with van der Waals surface area (Å²) >= 11 is 0. The van der Waals surface area contributed by atoms with Gasteiger partial charge in [-0.05, 0) is 41.5 Å². The minimum absolute atomic E-state index is 0.439. The van der Waals surface area contributed by atoms with Gasteiger partial charge in [0.05, 0.1) is 11.3 Å². The molecule has 0 spiro atoms. The van der Waals surface area contributed by atoms with Crippen molar-refractivity contribution in [1.29, 1.82) is 0 Å². The van der Waals surface area contributed by atoms with Crippen LogP contribution in [0.3, 0.4) is 0 Å². The van der Waals surface area contributed by atoms with E-state index in [2.05, 4.69) is 5.10 Å². The molecular formula is C16H9F6N3O2S. The Labute approximate surface area is 154 Å². The minimum atomic E-state index is -5.08. The summed E-state index contributed by atoms with van der Waals surface area (Å²) in [5, 5.41) is 8.67. The van der Waals surface area contributed by atoms with E-state index in [9.17, 15) is 34.8 Å². The van der Waals surface area contributed by atoms with E-state index in [4.69, 9.17) is 5.14 Å². The van der Waals surface area contributed by atoms with E-state index < -0.39 is 60.9 Å². The third-order valence-corrected chi connectivity index (χ3v) is 4.66. The minimum Gasteiger partial charge on any atom is -0.239 e. The van der Waals surface area contributed by atoms with Gasteiger partial charge in [0, 0.05) is 12.4 Å². The highest BCUT2D eigenvalue weighted by atomic mass is 32.2. The molecule has 0 saturated carbocycles. The summed E-state index contributed by atoms with van der Waals surface area (Å²) in [4.78, 5) is -0.980. The summed E-state index contributed by atoms with van der Waals surface area (Å²) in [5.41, 5.74) is -3.40. The maximum atomic E-state index is 13.6. The fourth-order valence-electron chi connectivity index (χ4n) is 2.57. The fourth-order valence-corrected chi connectivity index (χ4v) is 3.33. The molecule has 0 bridgehead atoms. The third-order valence-electron chi connectivity index (χ3n) is 3.74. The van der Waals surface area contributed by atoms with E-state index in [1.165, 1.54) is 6.07 Å². The number of halogens is 6. The summed E-state index contributed by atoms with van der Waals surface area (Å²) in [5.74, 6) is -5.13. The van der Waals surface area contributed by atoms with Gasteiger partial charge in [0.2, 0.25) is 10.0 Å². The summed E-state index contributed by atoms with van der Waals surface area (Å²) < 4.78 is 106. The van der Waals surface area contributed by atoms with Crippen LogP contribution in [0.15, 0.2) is 47.6 Å². The van der Waals surface area contributed by atoms with Gasteiger partial charge in [-0.25, -0.2) is 31.4 Å². The second kappa shape index (κ2) is 6.63. The Bertz CT molecular complexity index is 1130. The first-order valence-corrected chi connectivity index (χ1v) is 8.87. The first-order valence-electron chi connectivity index (χ1n) is 7.32. The van der Waals surface area contributed by atoms with Gasteiger partial charge >= 0.3 is 6.18 Å². The Hall–Kier alpha value is -2.86. The van der Waals surface area contributed by atoms with Crippen LogP contribution in [0.1, 0.15) is 5.56 Å². The second-order valence-electron chi connectivity index (χ2n) is 5.62. The number of nitrogens with two attached hydrogens (primary N) is 1. The van der Waals surface area contributed by atoms with Crippen molar-refractivity contribution >= 4 is 10.0 Å². The molecule has 0 amide bonds. The molecule has 1 aromatic heterocycles. The lowest BCUT2D eigenvalue weighted by Gasteiger charge is -2.18. The van der Waals surface area contributed by atoms with Crippen LogP contribution < -0.4 is 5.14 Å². The first-order chi connectivity index (χ1) is 12.9. The van der Waals surface area contributed by atoms with E-state index in [-0.39, 0.29) is 0 Å². The SMILES string of the molecule is NS(=O)(=O)c1cc(-c2cc(F)c(F)c(F)c2)cc(C(F)(F)F)c1-n1cccn1. The van der Waals surface area contributed by atoms with Crippen molar-refractivity contribution in [2.75, 3.05) is 0 Å². The van der Waals surface area contributed by atoms with Crippen LogP contribution in [-0.4, -0.2) is 18.2 Å². The van der Waals surface area contributed by atoms with Crippen molar-refractivity contribution in [2.24, 2.45) is 5.14 Å². The highest BCUT2D eigenvalue weighted by Gasteiger charge is 2.38. The molecule has 5 nitrogen and oxygen atoms in total. The summed E-state index contributed by atoms with van der Waals surface area (Å²) in [6, 6.07) is 3.31. The number of hydrogen-bond acceptors (Lipinski definition) is 3. The number of alkyl halides is 3. The van der Waals surface area contributed by atoms with Gasteiger partial charge in [-0.15, -0.1) is 0 Å². The Morgan fingerprint density at radius 1 is 0.964 bits per heavy atom. The molecule has 28 heavy (non-hydrogen) atoms. The van der Waals surface area contributed by atoms with Crippen LogP contribution in [-0.2, 0) is 16.2 Å². The molecule has 1 heterocycles. The fraction of sp³-hybridized carbons (Fsp3) is 0.0625. The molecule has 0 aliphatic rings. The molecule has 0 aliphatic carbocycles. The highest BCUT2D eigenvalue weighted by Crippen LogP contribution is 2.40. The van der Waals surface area contributed by atoms with Gasteiger partial charge in [-0.2, -0.15) is 18.3 Å². The molecule has 0 fully saturated rings. The lowest BCUT2D eigenvalue weighted by Crippen LogP contribution is -2.20. The monoisotopic (exact) mass is 421 g/mol. The topological polar surface area (TPSA) is 78.0 Å². The zero-order valence-electron chi connectivity index (χ0n) is 13.5. The summed E-state index contributed by atoms with van der Waals surface area (Å²) in [6.07, 6.45) is -2.89. The zero-order valence-corrected chi connectivity index (χ0v) is 14.3. The van der Waals surface area contributed by atoms with Gasteiger partial charge in [0.15, 0.2) is 17.5 Å². The summed E-state index contributed by atoms with van der Waals surface area (Å²) in [7, 11) is -4.72. The van der Waals surface area contributed by atoms with E-state index >= 15 is 0 Å². The van der Waals surface area contributed by atoms with Crippen LogP contribution in [0.4, 0.5) is 26.3 Å². The second-order valence-corrected chi connectivity index (χ2v) is 7.15. The van der Waals surface area contributed by atoms with Gasteiger partial charge < -0.3 is 0 Å². The zero-order chi connectivity index (χ0) is 20.9. The smallest absolute Gasteiger partial charge is 0.239 e. The largest absolute Gasteiger partial charge is 0.418 e. The van der Waals surface area contributed by atoms with Crippen molar-refractivity contribution in [2.45, 2.75) is 11.1 Å². The molecule has 0 atom stereocenters. The van der Waals surface area contributed by atoms with Crippen LogP contribution in [0.5, 0.6) is 0 Å². The molecule has 0 unspecified atom stereocenters. The van der Waals surface area contributed by atoms with Crippen molar-refractivity contribution in [3.05, 3.63) is 65.7 Å². The Morgan fingerprint density at radius 2 is 1.54 bits per heavy atom. The van der Waals surface area contributed by atoms with Crippen molar-refractivity contribution in [3.63, 3.8) is 0 Å². The van der Waals surface area contributed by atoms with Crippen LogP contribution >= 0.6 is 0 Å². The van der Waals surface area contributed by atoms with Gasteiger partial charge in [0.1, 0.15) is 4.90 Å². The predicted molar refractivity (Wildman–Crippen MR) is 85.2 cm³/mol. The standard InChI is InChI=1S/C16H9F6N3O2S/c17-11-5-9(6-12(18)14(11)19)8-4-10(16(20,21)22)15(25-3-1-2-24-25)13(7-8)28(23,26)27/h1-7H,(H2,23,26,27). The summed E-state index contributed by atoms with van der Waals surface area (Å²) in [6.45, 7) is 0. The average Bonchev–Trinajstić information content (AvgIpc) is 3.10. The van der Waals surface area contributed by atoms with Crippen LogP contribution in [0, 0.1) is 17.5 Å². The molecule has 0 aliphatic heterocycles. The van der Waals surface area contributed by atoms with Crippen molar-refractivity contribution in [3.8, 4) is 16.8 Å². The van der Waals surface area contributed by atoms with Gasteiger partial charge in [-0.1, -0.05) is 0 Å². The lowest BCUT2D eigenvalue weighted by molar-refractivity contribution is -0.137. The number of hydrogen-bond donors (Lipinski definition) is 1. The highest BCUT2D eigenvalue weighted by molar-refractivity contribution is 7.89. The van der Waals surface area contributed by atoms with Crippen LogP contribution in [0.2, 0.25) is 0 Å². The number of benzene rings is 2. The van der Waals surface area contributed by atoms with Crippen molar-refractivity contribution < 1.29 is 34.8 Å². The Balaban J connectivity index is 2.43. The Morgan fingerprint density at radius 3 is 2.00 bits per heavy atom. The van der Waals surface area contributed by atoms with E-state index in [1.807, 2.05) is 0 Å². The molecule has 0 radical (unpaired) electrons. The van der Waals surface area contributed by atoms with Gasteiger partial charge in [0.25, 0.3) is 0 Å². The predicted octanol–water partition coefficient (Wildman–Crippen LogP) is 3.62. The van der Waals surface area contributed by atoms with E-state index in [0.29, 0.717) is 28.9 Å². The average molecular weight is 421 g/mol. The third kappa shape index (κ3) is 3.60. The molecule has 12 heteroatoms. The molecular weight excluding hydrogens is 412 g/mol. The number of primary sulfonamides is 1. The normalized spacial score (nSPS) is 12.4. The molecule has 3 rings (SSSR count). The molecule has 0 saturated heterocycles. The number of aromatic nitrogens is 2. The number of rotatable bonds is 3. The molecule has 148 valence electrons. The maximum Gasteiger partial charge on any atom is 0.418 e. The van der Waals surface area contributed by atoms with Crippen LogP contribution in [0.25, 0.3) is 16.8 Å². The maximum absolute atomic E-state index is 13.6. The number of nitrogens with zero attached hydrogens (tertiary/aromatic N) is 2. The molecule has 3 aromatic rings. The Kier molecular flexibility index (Phi) is 4.71. The van der Waals surface area contributed by atoms with Crippen molar-refractivity contribution in [1.82, 2.24) is 9.78 Å². The molecule has 2 N–H and O–H groups in total. The van der Waals surface area contributed by atoms with E-state index in [1.54, 1.807) is 0 Å². The van der Waals surface area contributed by atoms with Gasteiger partial charge in [-0.3, -0.25) is 0 Å². The lowest BCUT2D eigenvalue weighted by atomic mass is 10.0.